The normalized spacial score (nSPS) is 23.3. The molecule has 1 aromatic rings. The zero-order chi connectivity index (χ0) is 17.1. The third-order valence-electron chi connectivity index (χ3n) is 4.40. The molecule has 0 aromatic heterocycles. The molecular formula is C17H22FN3O3. The number of benzene rings is 1. The van der Waals surface area contributed by atoms with Gasteiger partial charge in [0.25, 0.3) is 0 Å². The molecule has 3 N–H and O–H groups in total. The molecule has 1 saturated carbocycles. The second-order valence-electron chi connectivity index (χ2n) is 6.53. The standard InChI is InChI=1S/C17H22FN3O3/c1-10-6-7-19-16(22)15(10)21-17(23)20-13-8-12(18)4-5-14(13)24-9-11-2-3-11/h4-5,8,10-11,15H,2-3,6-7,9H2,1H3,(H,19,22)(H2,20,21,23). The van der Waals surface area contributed by atoms with Crippen molar-refractivity contribution in [1.82, 2.24) is 10.6 Å². The van der Waals surface area contributed by atoms with Gasteiger partial charge in [0.15, 0.2) is 0 Å². The highest BCUT2D eigenvalue weighted by atomic mass is 19.1. The Kier molecular flexibility index (Phi) is 4.87. The van der Waals surface area contributed by atoms with Crippen LogP contribution in [0.25, 0.3) is 0 Å². The number of halogens is 1. The molecule has 0 spiro atoms. The molecule has 2 fully saturated rings. The third kappa shape index (κ3) is 4.15. The van der Waals surface area contributed by atoms with E-state index in [1.807, 2.05) is 6.92 Å². The van der Waals surface area contributed by atoms with E-state index in [1.54, 1.807) is 0 Å². The Morgan fingerprint density at radius 1 is 1.38 bits per heavy atom. The second-order valence-corrected chi connectivity index (χ2v) is 6.53. The molecule has 2 atom stereocenters. The summed E-state index contributed by atoms with van der Waals surface area (Å²) >= 11 is 0. The first kappa shape index (κ1) is 16.5. The van der Waals surface area contributed by atoms with E-state index in [4.69, 9.17) is 4.74 Å². The molecule has 130 valence electrons. The fraction of sp³-hybridized carbons (Fsp3) is 0.529. The number of carbonyl (C=O) groups is 2. The molecule has 24 heavy (non-hydrogen) atoms. The van der Waals surface area contributed by atoms with Crippen molar-refractivity contribution in [2.24, 2.45) is 11.8 Å². The SMILES string of the molecule is CC1CCNC(=O)C1NC(=O)Nc1cc(F)ccc1OCC1CC1. The summed E-state index contributed by atoms with van der Waals surface area (Å²) in [6, 6.07) is 2.87. The molecule has 1 aliphatic heterocycles. The van der Waals surface area contributed by atoms with Crippen LogP contribution in [0.3, 0.4) is 0 Å². The number of ether oxygens (including phenoxy) is 1. The number of nitrogens with one attached hydrogen (secondary N) is 3. The highest BCUT2D eigenvalue weighted by Gasteiger charge is 2.30. The van der Waals surface area contributed by atoms with Gasteiger partial charge in [-0.2, -0.15) is 0 Å². The van der Waals surface area contributed by atoms with Crippen LogP contribution >= 0.6 is 0 Å². The van der Waals surface area contributed by atoms with Gasteiger partial charge in [-0.05, 0) is 43.2 Å². The van der Waals surface area contributed by atoms with Gasteiger partial charge in [-0.1, -0.05) is 6.92 Å². The summed E-state index contributed by atoms with van der Waals surface area (Å²) in [5.74, 6) is 0.354. The number of amides is 3. The fourth-order valence-electron chi connectivity index (χ4n) is 2.68. The molecule has 1 aliphatic carbocycles. The Morgan fingerprint density at radius 3 is 2.88 bits per heavy atom. The predicted molar refractivity (Wildman–Crippen MR) is 87.4 cm³/mol. The Bertz CT molecular complexity index is 634. The molecule has 6 nitrogen and oxygen atoms in total. The number of urea groups is 1. The van der Waals surface area contributed by atoms with E-state index < -0.39 is 17.9 Å². The van der Waals surface area contributed by atoms with E-state index in [2.05, 4.69) is 16.0 Å². The van der Waals surface area contributed by atoms with Crippen LogP contribution in [0, 0.1) is 17.7 Å². The van der Waals surface area contributed by atoms with Crippen molar-refractivity contribution in [1.29, 1.82) is 0 Å². The molecule has 7 heteroatoms. The summed E-state index contributed by atoms with van der Waals surface area (Å²) in [5.41, 5.74) is 0.261. The topological polar surface area (TPSA) is 79.5 Å². The lowest BCUT2D eigenvalue weighted by Gasteiger charge is -2.29. The fourth-order valence-corrected chi connectivity index (χ4v) is 2.68. The van der Waals surface area contributed by atoms with Crippen molar-refractivity contribution in [3.63, 3.8) is 0 Å². The van der Waals surface area contributed by atoms with Gasteiger partial charge < -0.3 is 20.7 Å². The smallest absolute Gasteiger partial charge is 0.320 e. The number of anilines is 1. The largest absolute Gasteiger partial charge is 0.491 e. The van der Waals surface area contributed by atoms with Crippen molar-refractivity contribution in [2.75, 3.05) is 18.5 Å². The molecule has 3 amide bonds. The van der Waals surface area contributed by atoms with Gasteiger partial charge in [-0.25, -0.2) is 9.18 Å². The molecule has 1 aromatic carbocycles. The van der Waals surface area contributed by atoms with E-state index in [-0.39, 0.29) is 17.5 Å². The van der Waals surface area contributed by atoms with Crippen LogP contribution in [-0.2, 0) is 4.79 Å². The molecular weight excluding hydrogens is 313 g/mol. The second kappa shape index (κ2) is 7.07. The minimum absolute atomic E-state index is 0.0441. The molecule has 2 unspecified atom stereocenters. The minimum Gasteiger partial charge on any atom is -0.491 e. The number of hydrogen-bond acceptors (Lipinski definition) is 3. The molecule has 3 rings (SSSR count). The van der Waals surface area contributed by atoms with E-state index >= 15 is 0 Å². The lowest BCUT2D eigenvalue weighted by Crippen LogP contribution is -2.55. The maximum absolute atomic E-state index is 13.5. The average molecular weight is 335 g/mol. The van der Waals surface area contributed by atoms with Crippen LogP contribution in [0.5, 0.6) is 5.75 Å². The summed E-state index contributed by atoms with van der Waals surface area (Å²) < 4.78 is 19.2. The number of piperidine rings is 1. The van der Waals surface area contributed by atoms with Gasteiger partial charge in [-0.3, -0.25) is 4.79 Å². The Labute approximate surface area is 140 Å². The molecule has 0 radical (unpaired) electrons. The van der Waals surface area contributed by atoms with Crippen molar-refractivity contribution < 1.29 is 18.7 Å². The summed E-state index contributed by atoms with van der Waals surface area (Å²) in [6.45, 7) is 3.09. The molecule has 1 saturated heterocycles. The van der Waals surface area contributed by atoms with Gasteiger partial charge in [0.1, 0.15) is 17.6 Å². The van der Waals surface area contributed by atoms with E-state index in [0.717, 1.165) is 19.3 Å². The number of carbonyl (C=O) groups excluding carboxylic acids is 2. The van der Waals surface area contributed by atoms with Gasteiger partial charge >= 0.3 is 6.03 Å². The molecule has 0 bridgehead atoms. The van der Waals surface area contributed by atoms with Crippen LogP contribution in [0.4, 0.5) is 14.9 Å². The Hall–Kier alpha value is -2.31. The predicted octanol–water partition coefficient (Wildman–Crippen LogP) is 2.26. The van der Waals surface area contributed by atoms with Crippen LogP contribution < -0.4 is 20.7 Å². The van der Waals surface area contributed by atoms with Crippen molar-refractivity contribution in [3.8, 4) is 5.75 Å². The summed E-state index contributed by atoms with van der Waals surface area (Å²) in [7, 11) is 0. The third-order valence-corrected chi connectivity index (χ3v) is 4.40. The minimum atomic E-state index is -0.594. The number of hydrogen-bond donors (Lipinski definition) is 3. The van der Waals surface area contributed by atoms with Crippen LogP contribution in [0.15, 0.2) is 18.2 Å². The van der Waals surface area contributed by atoms with Crippen LogP contribution in [0.2, 0.25) is 0 Å². The summed E-state index contributed by atoms with van der Waals surface area (Å²) in [5, 5.41) is 7.97. The number of rotatable bonds is 5. The highest BCUT2D eigenvalue weighted by molar-refractivity contribution is 5.95. The van der Waals surface area contributed by atoms with E-state index in [0.29, 0.717) is 24.8 Å². The monoisotopic (exact) mass is 335 g/mol. The molecule has 2 aliphatic rings. The first-order valence-electron chi connectivity index (χ1n) is 8.30. The molecule has 1 heterocycles. The van der Waals surface area contributed by atoms with E-state index in [9.17, 15) is 14.0 Å². The summed E-state index contributed by atoms with van der Waals surface area (Å²) in [4.78, 5) is 24.1. The van der Waals surface area contributed by atoms with Crippen molar-refractivity contribution in [2.45, 2.75) is 32.2 Å². The maximum atomic E-state index is 13.5. The first-order valence-corrected chi connectivity index (χ1v) is 8.30. The first-order chi connectivity index (χ1) is 11.5. The van der Waals surface area contributed by atoms with Crippen molar-refractivity contribution >= 4 is 17.6 Å². The van der Waals surface area contributed by atoms with E-state index in [1.165, 1.54) is 18.2 Å². The van der Waals surface area contributed by atoms with Gasteiger partial charge in [0, 0.05) is 12.6 Å². The quantitative estimate of drug-likeness (QED) is 0.772. The lowest BCUT2D eigenvalue weighted by atomic mass is 9.94. The van der Waals surface area contributed by atoms with Crippen molar-refractivity contribution in [3.05, 3.63) is 24.0 Å². The van der Waals surface area contributed by atoms with Crippen LogP contribution in [-0.4, -0.2) is 31.1 Å². The zero-order valence-electron chi connectivity index (χ0n) is 13.6. The summed E-state index contributed by atoms with van der Waals surface area (Å²) in [6.07, 6.45) is 3.07. The van der Waals surface area contributed by atoms with Gasteiger partial charge in [0.05, 0.1) is 12.3 Å². The maximum Gasteiger partial charge on any atom is 0.320 e. The highest BCUT2D eigenvalue weighted by Crippen LogP contribution is 2.32. The zero-order valence-corrected chi connectivity index (χ0v) is 13.6. The lowest BCUT2D eigenvalue weighted by molar-refractivity contribution is -0.125. The van der Waals surface area contributed by atoms with Crippen LogP contribution in [0.1, 0.15) is 26.2 Å². The van der Waals surface area contributed by atoms with Gasteiger partial charge in [-0.15, -0.1) is 0 Å². The Balaban J connectivity index is 1.64. The van der Waals surface area contributed by atoms with Gasteiger partial charge in [0.2, 0.25) is 5.91 Å². The average Bonchev–Trinajstić information content (AvgIpc) is 3.35. The Morgan fingerprint density at radius 2 is 2.17 bits per heavy atom.